The highest BCUT2D eigenvalue weighted by atomic mass is 16.5. The van der Waals surface area contributed by atoms with Crippen LogP contribution in [0.25, 0.3) is 11.0 Å². The van der Waals surface area contributed by atoms with Crippen LogP contribution in [-0.4, -0.2) is 36.2 Å². The predicted octanol–water partition coefficient (Wildman–Crippen LogP) is 3.18. The first-order valence-electron chi connectivity index (χ1n) is 8.56. The molecule has 1 N–H and O–H groups in total. The second-order valence-electron chi connectivity index (χ2n) is 5.98. The molecule has 6 nitrogen and oxygen atoms in total. The van der Waals surface area contributed by atoms with E-state index in [4.69, 9.17) is 9.47 Å². The van der Waals surface area contributed by atoms with Gasteiger partial charge in [0.25, 0.3) is 5.91 Å². The summed E-state index contributed by atoms with van der Waals surface area (Å²) in [6, 6.07) is 13.2. The number of methoxy groups -OCH3 is 2. The number of imidazole rings is 1. The number of para-hydroxylation sites is 2. The maximum absolute atomic E-state index is 12.3. The Balaban J connectivity index is 1.58. The van der Waals surface area contributed by atoms with Crippen molar-refractivity contribution in [2.24, 2.45) is 0 Å². The van der Waals surface area contributed by atoms with Crippen LogP contribution in [0.2, 0.25) is 0 Å². The van der Waals surface area contributed by atoms with Gasteiger partial charge in [0.15, 0.2) is 11.5 Å². The lowest BCUT2D eigenvalue weighted by Crippen LogP contribution is -2.25. The standard InChI is InChI=1S/C20H23N3O3/c1-14-22-16-7-4-5-8-17(16)23(14)12-6-11-21-20(24)15-9-10-18(25-2)19(13-15)26-3/h4-5,7-10,13H,6,11-12H2,1-3H3,(H,21,24). The molecule has 0 aliphatic rings. The van der Waals surface area contributed by atoms with E-state index in [1.807, 2.05) is 25.1 Å². The van der Waals surface area contributed by atoms with Crippen LogP contribution < -0.4 is 14.8 Å². The molecule has 0 fully saturated rings. The van der Waals surface area contributed by atoms with Crippen molar-refractivity contribution in [2.75, 3.05) is 20.8 Å². The molecule has 0 unspecified atom stereocenters. The molecule has 0 aliphatic heterocycles. The number of hydrogen-bond donors (Lipinski definition) is 1. The van der Waals surface area contributed by atoms with Crippen molar-refractivity contribution >= 4 is 16.9 Å². The fourth-order valence-corrected chi connectivity index (χ4v) is 3.00. The highest BCUT2D eigenvalue weighted by Crippen LogP contribution is 2.27. The van der Waals surface area contributed by atoms with Crippen molar-refractivity contribution in [2.45, 2.75) is 19.9 Å². The van der Waals surface area contributed by atoms with E-state index in [0.717, 1.165) is 29.8 Å². The Kier molecular flexibility index (Phi) is 5.41. The summed E-state index contributed by atoms with van der Waals surface area (Å²) in [6.07, 6.45) is 0.820. The molecular formula is C20H23N3O3. The third kappa shape index (κ3) is 3.64. The monoisotopic (exact) mass is 353 g/mol. The Morgan fingerprint density at radius 3 is 2.65 bits per heavy atom. The first-order chi connectivity index (χ1) is 12.6. The lowest BCUT2D eigenvalue weighted by molar-refractivity contribution is 0.0952. The summed E-state index contributed by atoms with van der Waals surface area (Å²) in [6.45, 7) is 3.39. The Bertz CT molecular complexity index is 918. The van der Waals surface area contributed by atoms with Crippen LogP contribution in [0, 0.1) is 6.92 Å². The smallest absolute Gasteiger partial charge is 0.251 e. The molecule has 1 heterocycles. The minimum Gasteiger partial charge on any atom is -0.493 e. The SMILES string of the molecule is COc1ccc(C(=O)NCCCn2c(C)nc3ccccc32)cc1OC. The largest absolute Gasteiger partial charge is 0.493 e. The van der Waals surface area contributed by atoms with E-state index in [-0.39, 0.29) is 5.91 Å². The molecule has 0 bridgehead atoms. The molecule has 0 atom stereocenters. The van der Waals surface area contributed by atoms with Crippen LogP contribution in [0.3, 0.4) is 0 Å². The quantitative estimate of drug-likeness (QED) is 0.663. The Morgan fingerprint density at radius 1 is 1.12 bits per heavy atom. The van der Waals surface area contributed by atoms with Crippen molar-refractivity contribution in [3.05, 3.63) is 53.9 Å². The molecule has 2 aromatic carbocycles. The second-order valence-corrected chi connectivity index (χ2v) is 5.98. The van der Waals surface area contributed by atoms with Crippen molar-refractivity contribution in [3.63, 3.8) is 0 Å². The van der Waals surface area contributed by atoms with Crippen molar-refractivity contribution in [3.8, 4) is 11.5 Å². The number of amides is 1. The number of hydrogen-bond acceptors (Lipinski definition) is 4. The predicted molar refractivity (Wildman–Crippen MR) is 101 cm³/mol. The number of fused-ring (bicyclic) bond motifs is 1. The minimum absolute atomic E-state index is 0.127. The molecule has 0 aliphatic carbocycles. The van der Waals surface area contributed by atoms with E-state index in [0.29, 0.717) is 23.6 Å². The summed E-state index contributed by atoms with van der Waals surface area (Å²) in [5.41, 5.74) is 2.67. The highest BCUT2D eigenvalue weighted by Gasteiger charge is 2.11. The van der Waals surface area contributed by atoms with Gasteiger partial charge in [0.05, 0.1) is 25.3 Å². The summed E-state index contributed by atoms with van der Waals surface area (Å²) >= 11 is 0. The number of nitrogens with zero attached hydrogens (tertiary/aromatic N) is 2. The van der Waals surface area contributed by atoms with Gasteiger partial charge in [-0.3, -0.25) is 4.79 Å². The Hall–Kier alpha value is -3.02. The third-order valence-corrected chi connectivity index (χ3v) is 4.34. The zero-order valence-electron chi connectivity index (χ0n) is 15.3. The van der Waals surface area contributed by atoms with E-state index in [1.54, 1.807) is 32.4 Å². The van der Waals surface area contributed by atoms with Gasteiger partial charge in [0.1, 0.15) is 5.82 Å². The Labute approximate surface area is 152 Å². The number of aromatic nitrogens is 2. The fraction of sp³-hybridized carbons (Fsp3) is 0.300. The van der Waals surface area contributed by atoms with E-state index < -0.39 is 0 Å². The number of carbonyl (C=O) groups is 1. The number of carbonyl (C=O) groups excluding carboxylic acids is 1. The van der Waals surface area contributed by atoms with Crippen LogP contribution in [0.1, 0.15) is 22.6 Å². The number of rotatable bonds is 7. The lowest BCUT2D eigenvalue weighted by Gasteiger charge is -2.11. The first-order valence-corrected chi connectivity index (χ1v) is 8.56. The molecule has 26 heavy (non-hydrogen) atoms. The van der Waals surface area contributed by atoms with E-state index >= 15 is 0 Å². The minimum atomic E-state index is -0.127. The fourth-order valence-electron chi connectivity index (χ4n) is 3.00. The number of ether oxygens (including phenoxy) is 2. The third-order valence-electron chi connectivity index (χ3n) is 4.34. The molecule has 3 rings (SSSR count). The molecular weight excluding hydrogens is 330 g/mol. The summed E-state index contributed by atoms with van der Waals surface area (Å²) < 4.78 is 12.6. The Morgan fingerprint density at radius 2 is 1.88 bits per heavy atom. The van der Waals surface area contributed by atoms with Gasteiger partial charge < -0.3 is 19.4 Å². The van der Waals surface area contributed by atoms with Crippen molar-refractivity contribution < 1.29 is 14.3 Å². The van der Waals surface area contributed by atoms with Crippen LogP contribution >= 0.6 is 0 Å². The maximum atomic E-state index is 12.3. The van der Waals surface area contributed by atoms with E-state index in [1.165, 1.54) is 0 Å². The normalized spacial score (nSPS) is 10.7. The van der Waals surface area contributed by atoms with Gasteiger partial charge in [-0.15, -0.1) is 0 Å². The first kappa shape index (κ1) is 17.8. The molecule has 0 saturated carbocycles. The van der Waals surface area contributed by atoms with Gasteiger partial charge in [0.2, 0.25) is 0 Å². The van der Waals surface area contributed by atoms with Crippen LogP contribution in [0.15, 0.2) is 42.5 Å². The molecule has 0 radical (unpaired) electrons. The number of nitrogens with one attached hydrogen (secondary N) is 1. The van der Waals surface area contributed by atoms with E-state index in [9.17, 15) is 4.79 Å². The summed E-state index contributed by atoms with van der Waals surface area (Å²) in [5.74, 6) is 2.00. The average molecular weight is 353 g/mol. The average Bonchev–Trinajstić information content (AvgIpc) is 2.99. The molecule has 3 aromatic rings. The molecule has 136 valence electrons. The summed E-state index contributed by atoms with van der Waals surface area (Å²) in [4.78, 5) is 16.9. The number of benzene rings is 2. The zero-order chi connectivity index (χ0) is 18.5. The second kappa shape index (κ2) is 7.91. The topological polar surface area (TPSA) is 65.4 Å². The van der Waals surface area contributed by atoms with Crippen LogP contribution in [-0.2, 0) is 6.54 Å². The molecule has 0 saturated heterocycles. The van der Waals surface area contributed by atoms with Gasteiger partial charge in [-0.1, -0.05) is 12.1 Å². The summed E-state index contributed by atoms with van der Waals surface area (Å²) in [7, 11) is 3.12. The molecule has 0 spiro atoms. The zero-order valence-corrected chi connectivity index (χ0v) is 15.3. The van der Waals surface area contributed by atoms with Gasteiger partial charge in [0, 0.05) is 18.7 Å². The molecule has 6 heteroatoms. The van der Waals surface area contributed by atoms with Crippen LogP contribution in [0.5, 0.6) is 11.5 Å². The molecule has 1 aromatic heterocycles. The lowest BCUT2D eigenvalue weighted by atomic mass is 10.2. The van der Waals surface area contributed by atoms with Gasteiger partial charge in [-0.05, 0) is 43.7 Å². The maximum Gasteiger partial charge on any atom is 0.251 e. The van der Waals surface area contributed by atoms with Gasteiger partial charge in [-0.2, -0.15) is 0 Å². The van der Waals surface area contributed by atoms with Crippen LogP contribution in [0.4, 0.5) is 0 Å². The van der Waals surface area contributed by atoms with E-state index in [2.05, 4.69) is 20.9 Å². The molecule has 1 amide bonds. The van der Waals surface area contributed by atoms with Crippen molar-refractivity contribution in [1.29, 1.82) is 0 Å². The number of aryl methyl sites for hydroxylation is 2. The summed E-state index contributed by atoms with van der Waals surface area (Å²) in [5, 5.41) is 2.95. The van der Waals surface area contributed by atoms with Gasteiger partial charge in [-0.25, -0.2) is 4.98 Å². The van der Waals surface area contributed by atoms with Gasteiger partial charge >= 0.3 is 0 Å². The highest BCUT2D eigenvalue weighted by molar-refractivity contribution is 5.94. The van der Waals surface area contributed by atoms with Crippen molar-refractivity contribution in [1.82, 2.24) is 14.9 Å².